The Morgan fingerprint density at radius 2 is 1.80 bits per heavy atom. The van der Waals surface area contributed by atoms with Crippen molar-refractivity contribution >= 4 is 23.0 Å². The van der Waals surface area contributed by atoms with Gasteiger partial charge in [0.2, 0.25) is 0 Å². The first-order chi connectivity index (χ1) is 2.27. The normalized spacial score (nSPS) is 6.60. The van der Waals surface area contributed by atoms with Gasteiger partial charge in [0.15, 0.2) is 0 Å². The van der Waals surface area contributed by atoms with Crippen LogP contribution >= 0.6 is 0 Å². The first-order valence-electron chi connectivity index (χ1n) is 1.00. The second-order valence-electron chi connectivity index (χ2n) is 0.525. The molecule has 0 saturated carbocycles. The van der Waals surface area contributed by atoms with Gasteiger partial charge in [0.05, 0.1) is 0 Å². The second-order valence-corrected chi connectivity index (χ2v) is 0.944. The van der Waals surface area contributed by atoms with Crippen molar-refractivity contribution in [2.45, 2.75) is 0 Å². The molecule has 4 heteroatoms. The Hall–Kier alpha value is -0.172. The summed E-state index contributed by atoms with van der Waals surface area (Å²) in [6.45, 7) is 0. The summed E-state index contributed by atoms with van der Waals surface area (Å²) in [5.41, 5.74) is 9.61. The molecule has 2 radical (unpaired) electrons. The average molecular weight is 133 g/mol. The minimum atomic E-state index is 0.102. The zero-order valence-electron chi connectivity index (χ0n) is 2.55. The van der Waals surface area contributed by atoms with E-state index in [9.17, 15) is 0 Å². The third-order valence-corrected chi connectivity index (χ3v) is 0.600. The van der Waals surface area contributed by atoms with Crippen LogP contribution in [0.4, 0.5) is 0 Å². The maximum atomic E-state index is 4.80. The first-order valence-corrected chi connectivity index (χ1v) is 1.84. The van der Waals surface area contributed by atoms with E-state index < -0.39 is 0 Å². The fraction of sp³-hybridized carbons (Fsp3) is 0. The van der Waals surface area contributed by atoms with Crippen molar-refractivity contribution in [1.82, 2.24) is 0 Å². The van der Waals surface area contributed by atoms with E-state index in [0.717, 1.165) is 0 Å². The Morgan fingerprint density at radius 3 is 1.80 bits per heavy atom. The van der Waals surface area contributed by atoms with E-state index >= 15 is 0 Å². The molecule has 3 nitrogen and oxygen atoms in total. The summed E-state index contributed by atoms with van der Waals surface area (Å²) in [7, 11) is 0. The van der Waals surface area contributed by atoms with Crippen LogP contribution in [0.15, 0.2) is 3.91 Å². The van der Waals surface area contributed by atoms with Crippen molar-refractivity contribution in [3.05, 3.63) is 0 Å². The van der Waals surface area contributed by atoms with Crippen molar-refractivity contribution in [2.75, 3.05) is 0 Å². The van der Waals surface area contributed by atoms with Gasteiger partial charge in [-0.3, -0.25) is 0 Å². The predicted octanol–water partition coefficient (Wildman–Crippen LogP) is -1.66. The van der Waals surface area contributed by atoms with E-state index in [2.05, 4.69) is 3.91 Å². The van der Waals surface area contributed by atoms with Crippen LogP contribution in [0.3, 0.4) is 0 Å². The molecule has 0 aliphatic heterocycles. The summed E-state index contributed by atoms with van der Waals surface area (Å²) < 4.78 is 3.30. The Balaban J connectivity index is 3.14. The molecule has 0 aliphatic rings. The topological polar surface area (TPSA) is 64.4 Å². The molecule has 0 spiro atoms. The van der Waals surface area contributed by atoms with Crippen molar-refractivity contribution < 1.29 is 0 Å². The minimum absolute atomic E-state index is 0.102. The van der Waals surface area contributed by atoms with Gasteiger partial charge in [-0.05, 0) is 0 Å². The molecular formula is CH4AsN3. The van der Waals surface area contributed by atoms with E-state index in [1.54, 1.807) is 0 Å². The van der Waals surface area contributed by atoms with Gasteiger partial charge in [-0.25, -0.2) is 0 Å². The molecule has 0 fully saturated rings. The standard InChI is InChI=1S/CH4AsN3/c2-5-1(3)4/h(H4,3,4,5). The molecule has 0 aromatic carbocycles. The predicted molar refractivity (Wildman–Crippen MR) is 21.6 cm³/mol. The van der Waals surface area contributed by atoms with E-state index in [4.69, 9.17) is 11.5 Å². The van der Waals surface area contributed by atoms with Gasteiger partial charge in [-0.1, -0.05) is 0 Å². The van der Waals surface area contributed by atoms with Gasteiger partial charge in [0, 0.05) is 0 Å². The fourth-order valence-electron chi connectivity index (χ4n) is 0. The molecule has 0 bridgehead atoms. The average Bonchev–Trinajstić information content (AvgIpc) is 1.38. The van der Waals surface area contributed by atoms with Gasteiger partial charge < -0.3 is 0 Å². The molecule has 0 rings (SSSR count). The number of guanidine groups is 1. The number of rotatable bonds is 0. The van der Waals surface area contributed by atoms with Crippen molar-refractivity contribution in [2.24, 2.45) is 15.4 Å². The summed E-state index contributed by atoms with van der Waals surface area (Å²) in [6.07, 6.45) is 0. The van der Waals surface area contributed by atoms with Crippen LogP contribution in [0.25, 0.3) is 0 Å². The Morgan fingerprint density at radius 1 is 1.60 bits per heavy atom. The molecule has 0 amide bonds. The zero-order chi connectivity index (χ0) is 4.28. The van der Waals surface area contributed by atoms with Gasteiger partial charge in [-0.15, -0.1) is 0 Å². The molecule has 5 heavy (non-hydrogen) atoms. The van der Waals surface area contributed by atoms with Crippen molar-refractivity contribution in [1.29, 1.82) is 0 Å². The van der Waals surface area contributed by atoms with Gasteiger partial charge in [0.1, 0.15) is 0 Å². The molecule has 0 atom stereocenters. The van der Waals surface area contributed by atoms with Gasteiger partial charge in [-0.2, -0.15) is 0 Å². The summed E-state index contributed by atoms with van der Waals surface area (Å²) in [5, 5.41) is 0. The fourth-order valence-corrected chi connectivity index (χ4v) is 0. The van der Waals surface area contributed by atoms with E-state index in [1.807, 2.05) is 17.1 Å². The van der Waals surface area contributed by atoms with Crippen LogP contribution in [-0.4, -0.2) is 23.0 Å². The van der Waals surface area contributed by atoms with Crippen molar-refractivity contribution in [3.63, 3.8) is 0 Å². The van der Waals surface area contributed by atoms with Crippen molar-refractivity contribution in [3.8, 4) is 0 Å². The number of nitrogens with two attached hydrogens (primary N) is 2. The maximum absolute atomic E-state index is 4.80. The van der Waals surface area contributed by atoms with Crippen LogP contribution in [0, 0.1) is 0 Å². The van der Waals surface area contributed by atoms with Gasteiger partial charge >= 0.3 is 38.4 Å². The molecule has 0 heterocycles. The van der Waals surface area contributed by atoms with Crippen LogP contribution in [-0.2, 0) is 0 Å². The van der Waals surface area contributed by atoms with Crippen LogP contribution < -0.4 is 11.5 Å². The monoisotopic (exact) mass is 133 g/mol. The summed E-state index contributed by atoms with van der Waals surface area (Å²) in [6, 6.07) is 0. The quantitative estimate of drug-likeness (QED) is 0.236. The van der Waals surface area contributed by atoms with Crippen LogP contribution in [0.5, 0.6) is 0 Å². The third-order valence-electron chi connectivity index (χ3n) is 0.115. The Kier molecular flexibility index (Phi) is 2.02. The molecule has 0 unspecified atom stereocenters. The first kappa shape index (κ1) is 4.83. The van der Waals surface area contributed by atoms with E-state index in [1.165, 1.54) is 0 Å². The molecule has 0 aliphatic carbocycles. The summed E-state index contributed by atoms with van der Waals surface area (Å²) >= 11 is 1.91. The van der Waals surface area contributed by atoms with Gasteiger partial charge in [0.25, 0.3) is 0 Å². The Bertz CT molecular complexity index is 44.9. The van der Waals surface area contributed by atoms with Crippen LogP contribution in [0.1, 0.15) is 0 Å². The SMILES string of the molecule is NC(N)=N[As]. The number of nitrogens with zero attached hydrogens (tertiary/aromatic N) is 1. The van der Waals surface area contributed by atoms with E-state index in [-0.39, 0.29) is 5.96 Å². The molecule has 0 saturated heterocycles. The second kappa shape index (κ2) is 2.09. The summed E-state index contributed by atoms with van der Waals surface area (Å²) in [5.74, 6) is 0.102. The van der Waals surface area contributed by atoms with Crippen LogP contribution in [0.2, 0.25) is 0 Å². The Labute approximate surface area is 39.2 Å². The molecule has 0 aromatic heterocycles. The third kappa shape index (κ3) is 3.83. The molecule has 28 valence electrons. The van der Waals surface area contributed by atoms with E-state index in [0.29, 0.717) is 0 Å². The molecule has 4 N–H and O–H groups in total. The number of hydrogen-bond donors (Lipinski definition) is 2. The zero-order valence-corrected chi connectivity index (χ0v) is 4.43. The number of hydrogen-bond acceptors (Lipinski definition) is 1. The summed E-state index contributed by atoms with van der Waals surface area (Å²) in [4.78, 5) is 0. The molecular weight excluding hydrogens is 129 g/mol. The molecule has 0 aromatic rings.